The largest absolute Gasteiger partial charge is 0.326 e. The van der Waals surface area contributed by atoms with Crippen molar-refractivity contribution in [2.75, 3.05) is 5.32 Å². The summed E-state index contributed by atoms with van der Waals surface area (Å²) < 4.78 is 0. The van der Waals surface area contributed by atoms with Crippen molar-refractivity contribution >= 4 is 17.4 Å². The summed E-state index contributed by atoms with van der Waals surface area (Å²) in [6.45, 7) is 2.00. The van der Waals surface area contributed by atoms with Crippen molar-refractivity contribution in [3.63, 3.8) is 0 Å². The number of benzene rings is 2. The minimum absolute atomic E-state index is 0.0778. The molecule has 0 radical (unpaired) electrons. The maximum absolute atomic E-state index is 12.4. The summed E-state index contributed by atoms with van der Waals surface area (Å²) >= 11 is 0. The Bertz CT molecular complexity index is 776. The molecule has 0 bridgehead atoms. The van der Waals surface area contributed by atoms with E-state index in [0.717, 1.165) is 34.7 Å². The molecular weight excluding hydrogens is 334 g/mol. The van der Waals surface area contributed by atoms with E-state index in [-0.39, 0.29) is 11.7 Å². The first-order valence-corrected chi connectivity index (χ1v) is 10.0. The molecule has 0 aliphatic heterocycles. The molecule has 3 heteroatoms. The lowest BCUT2D eigenvalue weighted by Crippen LogP contribution is -2.13. The lowest BCUT2D eigenvalue weighted by Gasteiger charge is -2.11. The SMILES string of the molecule is Cc1cc(CC(=O)Cc2ccccc2)cc(NC(=O)CCC2CCCC2)c1. The number of aryl methyl sites for hydroxylation is 1. The molecular formula is C24H29NO2. The van der Waals surface area contributed by atoms with Gasteiger partial charge in [-0.2, -0.15) is 0 Å². The van der Waals surface area contributed by atoms with Gasteiger partial charge >= 0.3 is 0 Å². The van der Waals surface area contributed by atoms with Crippen LogP contribution in [-0.4, -0.2) is 11.7 Å². The van der Waals surface area contributed by atoms with Crippen LogP contribution < -0.4 is 5.32 Å². The Morgan fingerprint density at radius 1 is 0.963 bits per heavy atom. The van der Waals surface area contributed by atoms with E-state index in [0.29, 0.717) is 19.3 Å². The maximum Gasteiger partial charge on any atom is 0.224 e. The first-order chi connectivity index (χ1) is 13.1. The third kappa shape index (κ3) is 6.35. The average molecular weight is 364 g/mol. The third-order valence-electron chi connectivity index (χ3n) is 5.32. The molecule has 142 valence electrons. The van der Waals surface area contributed by atoms with E-state index in [2.05, 4.69) is 5.32 Å². The van der Waals surface area contributed by atoms with Crippen LogP contribution in [0.4, 0.5) is 5.69 Å². The van der Waals surface area contributed by atoms with E-state index in [1.54, 1.807) is 0 Å². The van der Waals surface area contributed by atoms with Gasteiger partial charge < -0.3 is 5.32 Å². The number of carbonyl (C=O) groups excluding carboxylic acids is 2. The zero-order valence-corrected chi connectivity index (χ0v) is 16.2. The van der Waals surface area contributed by atoms with Crippen LogP contribution >= 0.6 is 0 Å². The van der Waals surface area contributed by atoms with Gasteiger partial charge in [0.25, 0.3) is 0 Å². The number of Topliss-reactive ketones (excluding diaryl/α,β-unsaturated/α-hetero) is 1. The lowest BCUT2D eigenvalue weighted by molar-refractivity contribution is -0.118. The molecule has 0 saturated heterocycles. The summed E-state index contributed by atoms with van der Waals surface area (Å²) in [5.74, 6) is 0.985. The van der Waals surface area contributed by atoms with Gasteiger partial charge in [-0.3, -0.25) is 9.59 Å². The Labute approximate surface area is 162 Å². The molecule has 2 aromatic carbocycles. The summed E-state index contributed by atoms with van der Waals surface area (Å²) in [4.78, 5) is 24.7. The fourth-order valence-electron chi connectivity index (χ4n) is 4.01. The van der Waals surface area contributed by atoms with Gasteiger partial charge in [0.05, 0.1) is 0 Å². The van der Waals surface area contributed by atoms with Crippen LogP contribution in [0, 0.1) is 12.8 Å². The van der Waals surface area contributed by atoms with Gasteiger partial charge in [0, 0.05) is 24.9 Å². The van der Waals surface area contributed by atoms with Crippen molar-refractivity contribution in [2.24, 2.45) is 5.92 Å². The number of anilines is 1. The van der Waals surface area contributed by atoms with Gasteiger partial charge in [0.2, 0.25) is 5.91 Å². The van der Waals surface area contributed by atoms with E-state index >= 15 is 0 Å². The van der Waals surface area contributed by atoms with Gasteiger partial charge in [-0.15, -0.1) is 0 Å². The highest BCUT2D eigenvalue weighted by Gasteiger charge is 2.16. The Balaban J connectivity index is 1.55. The molecule has 3 rings (SSSR count). The highest BCUT2D eigenvalue weighted by molar-refractivity contribution is 5.91. The summed E-state index contributed by atoms with van der Waals surface area (Å²) in [5.41, 5.74) is 3.86. The van der Waals surface area contributed by atoms with Crippen LogP contribution in [-0.2, 0) is 22.4 Å². The topological polar surface area (TPSA) is 46.2 Å². The third-order valence-corrected chi connectivity index (χ3v) is 5.32. The molecule has 1 aliphatic carbocycles. The molecule has 1 amide bonds. The van der Waals surface area contributed by atoms with Crippen molar-refractivity contribution < 1.29 is 9.59 Å². The van der Waals surface area contributed by atoms with Crippen LogP contribution in [0.5, 0.6) is 0 Å². The summed E-state index contributed by atoms with van der Waals surface area (Å²) in [7, 11) is 0. The average Bonchev–Trinajstić information content (AvgIpc) is 3.13. The predicted molar refractivity (Wildman–Crippen MR) is 110 cm³/mol. The van der Waals surface area contributed by atoms with Gasteiger partial charge in [-0.05, 0) is 48.1 Å². The number of hydrogen-bond donors (Lipinski definition) is 1. The first-order valence-electron chi connectivity index (χ1n) is 10.0. The summed E-state index contributed by atoms with van der Waals surface area (Å²) in [5, 5.41) is 3.02. The second-order valence-electron chi connectivity index (χ2n) is 7.82. The number of ketones is 1. The fraction of sp³-hybridized carbons (Fsp3) is 0.417. The highest BCUT2D eigenvalue weighted by Crippen LogP contribution is 2.28. The minimum atomic E-state index is 0.0778. The normalized spacial score (nSPS) is 14.3. The van der Waals surface area contributed by atoms with Crippen LogP contribution in [0.2, 0.25) is 0 Å². The van der Waals surface area contributed by atoms with E-state index < -0.39 is 0 Å². The Hall–Kier alpha value is -2.42. The zero-order valence-electron chi connectivity index (χ0n) is 16.2. The van der Waals surface area contributed by atoms with Gasteiger partial charge in [0.1, 0.15) is 5.78 Å². The molecule has 0 heterocycles. The van der Waals surface area contributed by atoms with Crippen LogP contribution in [0.3, 0.4) is 0 Å². The second-order valence-corrected chi connectivity index (χ2v) is 7.82. The molecule has 3 nitrogen and oxygen atoms in total. The van der Waals surface area contributed by atoms with Gasteiger partial charge in [0.15, 0.2) is 0 Å². The molecule has 0 atom stereocenters. The Morgan fingerprint density at radius 2 is 1.67 bits per heavy atom. The highest BCUT2D eigenvalue weighted by atomic mass is 16.1. The monoisotopic (exact) mass is 363 g/mol. The van der Waals surface area contributed by atoms with Crippen molar-refractivity contribution in [1.29, 1.82) is 0 Å². The van der Waals surface area contributed by atoms with Crippen molar-refractivity contribution in [1.82, 2.24) is 0 Å². The van der Waals surface area contributed by atoms with Crippen LogP contribution in [0.15, 0.2) is 48.5 Å². The molecule has 0 unspecified atom stereocenters. The first kappa shape index (κ1) is 19.3. The molecule has 1 N–H and O–H groups in total. The molecule has 1 fully saturated rings. The summed E-state index contributed by atoms with van der Waals surface area (Å²) in [6, 6.07) is 15.7. The number of hydrogen-bond acceptors (Lipinski definition) is 2. The Morgan fingerprint density at radius 3 is 2.41 bits per heavy atom. The lowest BCUT2D eigenvalue weighted by atomic mass is 10.0. The molecule has 1 aliphatic rings. The van der Waals surface area contributed by atoms with Crippen molar-refractivity contribution in [2.45, 2.75) is 58.3 Å². The second kappa shape index (κ2) is 9.50. The van der Waals surface area contributed by atoms with E-state index in [1.807, 2.05) is 55.5 Å². The van der Waals surface area contributed by atoms with Crippen molar-refractivity contribution in [3.05, 3.63) is 65.2 Å². The maximum atomic E-state index is 12.4. The molecule has 1 saturated carbocycles. The van der Waals surface area contributed by atoms with Gasteiger partial charge in [-0.25, -0.2) is 0 Å². The van der Waals surface area contributed by atoms with Crippen LogP contribution in [0.25, 0.3) is 0 Å². The summed E-state index contributed by atoms with van der Waals surface area (Å²) in [6.07, 6.45) is 7.56. The van der Waals surface area contributed by atoms with E-state index in [9.17, 15) is 9.59 Å². The molecule has 2 aromatic rings. The number of amides is 1. The molecule has 27 heavy (non-hydrogen) atoms. The Kier molecular flexibility index (Phi) is 6.80. The molecule has 0 aromatic heterocycles. The fourth-order valence-corrected chi connectivity index (χ4v) is 4.01. The van der Waals surface area contributed by atoms with Crippen LogP contribution in [0.1, 0.15) is 55.2 Å². The standard InChI is InChI=1S/C24H29NO2/c1-18-13-21(17-23(26)16-20-9-3-2-4-10-20)15-22(14-18)25-24(27)12-11-19-7-5-6-8-19/h2-4,9-10,13-15,19H,5-8,11-12,16-17H2,1H3,(H,25,27). The predicted octanol–water partition coefficient (Wildman–Crippen LogP) is 5.26. The molecule has 0 spiro atoms. The van der Waals surface area contributed by atoms with E-state index in [4.69, 9.17) is 0 Å². The van der Waals surface area contributed by atoms with E-state index in [1.165, 1.54) is 25.7 Å². The smallest absolute Gasteiger partial charge is 0.224 e. The van der Waals surface area contributed by atoms with Crippen molar-refractivity contribution in [3.8, 4) is 0 Å². The number of carbonyl (C=O) groups is 2. The van der Waals surface area contributed by atoms with Gasteiger partial charge in [-0.1, -0.05) is 62.1 Å². The zero-order chi connectivity index (χ0) is 19.1. The number of nitrogens with one attached hydrogen (secondary N) is 1. The quantitative estimate of drug-likeness (QED) is 0.695. The number of rotatable bonds is 8. The minimum Gasteiger partial charge on any atom is -0.326 e.